The number of nitrogens with one attached hydrogen (secondary N) is 2. The van der Waals surface area contributed by atoms with Crippen LogP contribution in [0.4, 0.5) is 11.4 Å². The minimum absolute atomic E-state index is 0.0253. The number of sulfonamides is 1. The van der Waals surface area contributed by atoms with Gasteiger partial charge in [0.2, 0.25) is 15.9 Å². The summed E-state index contributed by atoms with van der Waals surface area (Å²) in [5.41, 5.74) is 1.13. The number of methoxy groups -OCH3 is 2. The zero-order valence-electron chi connectivity index (χ0n) is 16.6. The maximum absolute atomic E-state index is 12.3. The molecule has 156 valence electrons. The molecular weight excluding hydrogens is 398 g/mol. The number of nitrogens with zero attached hydrogens (tertiary/aromatic N) is 1. The fraction of sp³-hybridized carbons (Fsp3) is 0.263. The SMILES string of the molecule is COC(=O)c1cccc(NCC(=O)Nc2cc(S(=O)(=O)N(C)C)ccc2OC)c1. The third kappa shape index (κ3) is 5.46. The van der Waals surface area contributed by atoms with E-state index < -0.39 is 21.9 Å². The standard InChI is InChI=1S/C19H23N3O6S/c1-22(2)29(25,26)15-8-9-17(27-3)16(11-15)21-18(23)12-20-14-7-5-6-13(10-14)19(24)28-4/h5-11,20H,12H2,1-4H3,(H,21,23). The number of benzene rings is 2. The molecule has 2 N–H and O–H groups in total. The zero-order valence-corrected chi connectivity index (χ0v) is 17.4. The van der Waals surface area contributed by atoms with Gasteiger partial charge in [-0.2, -0.15) is 0 Å². The Morgan fingerprint density at radius 2 is 1.79 bits per heavy atom. The smallest absolute Gasteiger partial charge is 0.337 e. The lowest BCUT2D eigenvalue weighted by Gasteiger charge is -2.15. The number of carbonyl (C=O) groups excluding carboxylic acids is 2. The molecule has 2 aromatic rings. The summed E-state index contributed by atoms with van der Waals surface area (Å²) in [6, 6.07) is 10.7. The van der Waals surface area contributed by atoms with Gasteiger partial charge >= 0.3 is 5.97 Å². The van der Waals surface area contributed by atoms with Crippen molar-refractivity contribution in [3.05, 3.63) is 48.0 Å². The van der Waals surface area contributed by atoms with Gasteiger partial charge in [-0.25, -0.2) is 17.5 Å². The molecule has 0 aliphatic rings. The minimum atomic E-state index is -3.66. The summed E-state index contributed by atoms with van der Waals surface area (Å²) in [5, 5.41) is 5.53. The summed E-state index contributed by atoms with van der Waals surface area (Å²) in [6.45, 7) is -0.113. The van der Waals surface area contributed by atoms with Crippen LogP contribution in [0, 0.1) is 0 Å². The van der Waals surface area contributed by atoms with Crippen LogP contribution in [-0.2, 0) is 19.6 Å². The van der Waals surface area contributed by atoms with E-state index in [2.05, 4.69) is 15.4 Å². The fourth-order valence-corrected chi connectivity index (χ4v) is 3.34. The first kappa shape index (κ1) is 22.2. The van der Waals surface area contributed by atoms with Gasteiger partial charge in [0.1, 0.15) is 5.75 Å². The van der Waals surface area contributed by atoms with E-state index in [1.165, 1.54) is 46.5 Å². The van der Waals surface area contributed by atoms with Crippen molar-refractivity contribution in [3.8, 4) is 5.75 Å². The van der Waals surface area contributed by atoms with Crippen molar-refractivity contribution < 1.29 is 27.5 Å². The summed E-state index contributed by atoms with van der Waals surface area (Å²) in [6.07, 6.45) is 0. The molecule has 0 unspecified atom stereocenters. The Morgan fingerprint density at radius 3 is 2.41 bits per heavy atom. The van der Waals surface area contributed by atoms with Crippen LogP contribution in [0.25, 0.3) is 0 Å². The van der Waals surface area contributed by atoms with Gasteiger partial charge in [-0.05, 0) is 36.4 Å². The van der Waals surface area contributed by atoms with Gasteiger partial charge in [0.15, 0.2) is 0 Å². The van der Waals surface area contributed by atoms with Crippen LogP contribution in [0.2, 0.25) is 0 Å². The molecule has 0 saturated carbocycles. The zero-order chi connectivity index (χ0) is 21.6. The van der Waals surface area contributed by atoms with E-state index in [1.807, 2.05) is 0 Å². The Bertz CT molecular complexity index is 1000. The highest BCUT2D eigenvalue weighted by Gasteiger charge is 2.20. The van der Waals surface area contributed by atoms with Crippen LogP contribution in [0.15, 0.2) is 47.4 Å². The molecule has 0 radical (unpaired) electrons. The van der Waals surface area contributed by atoms with E-state index in [-0.39, 0.29) is 17.1 Å². The number of carbonyl (C=O) groups is 2. The molecule has 0 fully saturated rings. The first-order valence-electron chi connectivity index (χ1n) is 8.51. The van der Waals surface area contributed by atoms with Gasteiger partial charge in [0.05, 0.1) is 36.9 Å². The number of esters is 1. The van der Waals surface area contributed by atoms with Crippen LogP contribution in [0.3, 0.4) is 0 Å². The van der Waals surface area contributed by atoms with Crippen molar-refractivity contribution >= 4 is 33.3 Å². The van der Waals surface area contributed by atoms with E-state index in [0.29, 0.717) is 17.0 Å². The normalized spacial score (nSPS) is 11.1. The molecule has 0 aromatic heterocycles. The first-order valence-corrected chi connectivity index (χ1v) is 9.95. The molecule has 0 bridgehead atoms. The van der Waals surface area contributed by atoms with E-state index >= 15 is 0 Å². The predicted octanol–water partition coefficient (Wildman–Crippen LogP) is 1.78. The number of hydrogen-bond donors (Lipinski definition) is 2. The number of amides is 1. The van der Waals surface area contributed by atoms with Crippen LogP contribution >= 0.6 is 0 Å². The topological polar surface area (TPSA) is 114 Å². The summed E-state index contributed by atoms with van der Waals surface area (Å²) < 4.78 is 35.6. The third-order valence-electron chi connectivity index (χ3n) is 3.96. The molecule has 2 rings (SSSR count). The monoisotopic (exact) mass is 421 g/mol. The lowest BCUT2D eigenvalue weighted by molar-refractivity contribution is -0.114. The van der Waals surface area contributed by atoms with Gasteiger partial charge in [-0.3, -0.25) is 4.79 Å². The third-order valence-corrected chi connectivity index (χ3v) is 5.77. The van der Waals surface area contributed by atoms with Gasteiger partial charge in [-0.1, -0.05) is 6.07 Å². The molecule has 0 aliphatic carbocycles. The maximum Gasteiger partial charge on any atom is 0.337 e. The van der Waals surface area contributed by atoms with Crippen molar-refractivity contribution in [3.63, 3.8) is 0 Å². The quantitative estimate of drug-likeness (QED) is 0.625. The van der Waals surface area contributed by atoms with Crippen molar-refractivity contribution in [2.45, 2.75) is 4.90 Å². The Kier molecular flexibility index (Phi) is 7.18. The molecule has 0 aliphatic heterocycles. The van der Waals surface area contributed by atoms with Crippen molar-refractivity contribution in [2.24, 2.45) is 0 Å². The number of rotatable bonds is 8. The highest BCUT2D eigenvalue weighted by atomic mass is 32.2. The molecule has 2 aromatic carbocycles. The largest absolute Gasteiger partial charge is 0.495 e. The Labute approximate surface area is 169 Å². The second kappa shape index (κ2) is 9.39. The van der Waals surface area contributed by atoms with E-state index in [1.54, 1.807) is 24.3 Å². The Morgan fingerprint density at radius 1 is 1.07 bits per heavy atom. The summed E-state index contributed by atoms with van der Waals surface area (Å²) in [5.74, 6) is -0.586. The van der Waals surface area contributed by atoms with Gasteiger partial charge < -0.3 is 20.1 Å². The number of ether oxygens (including phenoxy) is 2. The van der Waals surface area contributed by atoms with Gasteiger partial charge in [-0.15, -0.1) is 0 Å². The number of hydrogen-bond acceptors (Lipinski definition) is 7. The molecule has 0 saturated heterocycles. The van der Waals surface area contributed by atoms with E-state index in [0.717, 1.165) is 4.31 Å². The molecular formula is C19H23N3O6S. The number of anilines is 2. The average Bonchev–Trinajstić information content (AvgIpc) is 2.71. The Hall–Kier alpha value is -3.11. The summed E-state index contributed by atoms with van der Waals surface area (Å²) in [7, 11) is 1.88. The first-order chi connectivity index (χ1) is 13.7. The molecule has 29 heavy (non-hydrogen) atoms. The van der Waals surface area contributed by atoms with E-state index in [9.17, 15) is 18.0 Å². The molecule has 10 heteroatoms. The van der Waals surface area contributed by atoms with Gasteiger partial charge in [0.25, 0.3) is 0 Å². The van der Waals surface area contributed by atoms with Crippen LogP contribution in [0.5, 0.6) is 5.75 Å². The Balaban J connectivity index is 2.13. The van der Waals surface area contributed by atoms with Crippen molar-refractivity contribution in [2.75, 3.05) is 45.5 Å². The fourth-order valence-electron chi connectivity index (χ4n) is 2.41. The molecule has 1 amide bonds. The van der Waals surface area contributed by atoms with Crippen molar-refractivity contribution in [1.29, 1.82) is 0 Å². The highest BCUT2D eigenvalue weighted by Crippen LogP contribution is 2.28. The molecule has 0 atom stereocenters. The second-order valence-electron chi connectivity index (χ2n) is 6.12. The predicted molar refractivity (Wildman–Crippen MR) is 109 cm³/mol. The molecule has 0 heterocycles. The van der Waals surface area contributed by atoms with Crippen LogP contribution in [-0.4, -0.2) is 59.5 Å². The van der Waals surface area contributed by atoms with E-state index in [4.69, 9.17) is 4.74 Å². The average molecular weight is 421 g/mol. The van der Waals surface area contributed by atoms with Crippen LogP contribution < -0.4 is 15.4 Å². The summed E-state index contributed by atoms with van der Waals surface area (Å²) in [4.78, 5) is 23.9. The maximum atomic E-state index is 12.3. The second-order valence-corrected chi connectivity index (χ2v) is 8.28. The van der Waals surface area contributed by atoms with Gasteiger partial charge in [0, 0.05) is 19.8 Å². The van der Waals surface area contributed by atoms with Crippen molar-refractivity contribution in [1.82, 2.24) is 4.31 Å². The summed E-state index contributed by atoms with van der Waals surface area (Å²) >= 11 is 0. The molecule has 0 spiro atoms. The van der Waals surface area contributed by atoms with Crippen LogP contribution in [0.1, 0.15) is 10.4 Å². The highest BCUT2D eigenvalue weighted by molar-refractivity contribution is 7.89. The lowest BCUT2D eigenvalue weighted by atomic mass is 10.2. The minimum Gasteiger partial charge on any atom is -0.495 e. The molecule has 9 nitrogen and oxygen atoms in total. The lowest BCUT2D eigenvalue weighted by Crippen LogP contribution is -2.24.